The molecule has 0 aromatic heterocycles. The van der Waals surface area contributed by atoms with Crippen LogP contribution in [0.25, 0.3) is 0 Å². The molecule has 0 heterocycles. The maximum Gasteiger partial charge on any atom is 0.156 e. The zero-order valence-electron chi connectivity index (χ0n) is 9.84. The Hall–Kier alpha value is 0.0700. The van der Waals surface area contributed by atoms with Crippen molar-refractivity contribution in [1.29, 1.82) is 0 Å². The average molecular weight is 362 g/mol. The van der Waals surface area contributed by atoms with E-state index in [1.165, 1.54) is 6.08 Å². The van der Waals surface area contributed by atoms with Crippen molar-refractivity contribution < 1.29 is 9.47 Å². The smallest absolute Gasteiger partial charge is 0.156 e. The molecule has 0 unspecified atom stereocenters. The van der Waals surface area contributed by atoms with E-state index in [1.54, 1.807) is 12.1 Å². The standard InChI is InChI=1S/C12H12Cl4O2S/c13-9-6-8(17-4-2-11(15)16)7-10(14)12(9)18-3-1-5-19/h2,6-7,19H,1,3-5H2. The lowest BCUT2D eigenvalue weighted by molar-refractivity contribution is 0.317. The van der Waals surface area contributed by atoms with Gasteiger partial charge in [-0.1, -0.05) is 46.4 Å². The first-order valence-electron chi connectivity index (χ1n) is 5.41. The third-order valence-electron chi connectivity index (χ3n) is 2.01. The lowest BCUT2D eigenvalue weighted by atomic mass is 10.3. The highest BCUT2D eigenvalue weighted by molar-refractivity contribution is 7.80. The van der Waals surface area contributed by atoms with Crippen molar-refractivity contribution in [3.63, 3.8) is 0 Å². The molecular formula is C12H12Cl4O2S. The van der Waals surface area contributed by atoms with E-state index < -0.39 is 0 Å². The molecule has 1 aromatic carbocycles. The van der Waals surface area contributed by atoms with Crippen LogP contribution in [0.15, 0.2) is 22.7 Å². The summed E-state index contributed by atoms with van der Waals surface area (Å²) in [6.45, 7) is 0.739. The third-order valence-corrected chi connectivity index (χ3v) is 3.19. The van der Waals surface area contributed by atoms with Crippen LogP contribution in [0.1, 0.15) is 6.42 Å². The van der Waals surface area contributed by atoms with E-state index in [-0.39, 0.29) is 11.1 Å². The second-order valence-corrected chi connectivity index (χ2v) is 5.72. The number of benzene rings is 1. The van der Waals surface area contributed by atoms with Gasteiger partial charge in [0.05, 0.1) is 16.7 Å². The first-order valence-corrected chi connectivity index (χ1v) is 7.55. The van der Waals surface area contributed by atoms with Crippen LogP contribution in [0.5, 0.6) is 11.5 Å². The third kappa shape index (κ3) is 6.37. The lowest BCUT2D eigenvalue weighted by Crippen LogP contribution is -2.00. The molecule has 0 saturated heterocycles. The van der Waals surface area contributed by atoms with E-state index >= 15 is 0 Å². The molecule has 0 amide bonds. The van der Waals surface area contributed by atoms with Crippen molar-refractivity contribution in [2.24, 2.45) is 0 Å². The molecule has 0 N–H and O–H groups in total. The van der Waals surface area contributed by atoms with Crippen molar-refractivity contribution in [1.82, 2.24) is 0 Å². The quantitative estimate of drug-likeness (QED) is 0.518. The van der Waals surface area contributed by atoms with Crippen molar-refractivity contribution in [2.45, 2.75) is 6.42 Å². The molecule has 0 aliphatic carbocycles. The van der Waals surface area contributed by atoms with E-state index in [0.717, 1.165) is 12.2 Å². The molecule has 1 aromatic rings. The summed E-state index contributed by atoms with van der Waals surface area (Å²) in [4.78, 5) is 0. The number of ether oxygens (including phenoxy) is 2. The van der Waals surface area contributed by atoms with Crippen LogP contribution in [-0.4, -0.2) is 19.0 Å². The van der Waals surface area contributed by atoms with E-state index in [9.17, 15) is 0 Å². The molecule has 0 radical (unpaired) electrons. The molecule has 19 heavy (non-hydrogen) atoms. The van der Waals surface area contributed by atoms with Crippen molar-refractivity contribution in [2.75, 3.05) is 19.0 Å². The number of hydrogen-bond donors (Lipinski definition) is 1. The minimum atomic E-state index is 0.143. The minimum absolute atomic E-state index is 0.143. The van der Waals surface area contributed by atoms with Gasteiger partial charge in [-0.3, -0.25) is 0 Å². The van der Waals surface area contributed by atoms with Crippen LogP contribution in [0.3, 0.4) is 0 Å². The van der Waals surface area contributed by atoms with Gasteiger partial charge in [0.1, 0.15) is 16.8 Å². The molecule has 0 aliphatic heterocycles. The predicted octanol–water partition coefficient (Wildman–Crippen LogP) is 5.39. The Balaban J connectivity index is 2.70. The molecule has 7 heteroatoms. The van der Waals surface area contributed by atoms with Gasteiger partial charge in [-0.25, -0.2) is 0 Å². The number of hydrogen-bond acceptors (Lipinski definition) is 3. The summed E-state index contributed by atoms with van der Waals surface area (Å²) < 4.78 is 11.0. The normalized spacial score (nSPS) is 10.2. The Kier molecular flexibility index (Phi) is 8.19. The molecule has 0 atom stereocenters. The van der Waals surface area contributed by atoms with E-state index in [2.05, 4.69) is 12.6 Å². The van der Waals surface area contributed by atoms with E-state index in [1.807, 2.05) is 0 Å². The van der Waals surface area contributed by atoms with Crippen molar-refractivity contribution in [3.8, 4) is 11.5 Å². The van der Waals surface area contributed by atoms with Gasteiger partial charge < -0.3 is 9.47 Å². The van der Waals surface area contributed by atoms with Gasteiger partial charge >= 0.3 is 0 Å². The SMILES string of the molecule is SCCCOc1c(Cl)cc(OCC=C(Cl)Cl)cc1Cl. The average Bonchev–Trinajstić information content (AvgIpc) is 2.32. The maximum atomic E-state index is 6.08. The molecule has 106 valence electrons. The molecule has 0 saturated carbocycles. The van der Waals surface area contributed by atoms with Crippen LogP contribution in [0.2, 0.25) is 10.0 Å². The fraction of sp³-hybridized carbons (Fsp3) is 0.333. The Bertz CT molecular complexity index is 424. The summed E-state index contributed by atoms with van der Waals surface area (Å²) in [5.41, 5.74) is 0. The Morgan fingerprint density at radius 1 is 1.16 bits per heavy atom. The monoisotopic (exact) mass is 360 g/mol. The van der Waals surface area contributed by atoms with Gasteiger partial charge in [0.25, 0.3) is 0 Å². The number of halogens is 4. The first kappa shape index (κ1) is 17.1. The second kappa shape index (κ2) is 9.09. The molecule has 0 spiro atoms. The zero-order valence-corrected chi connectivity index (χ0v) is 13.8. The van der Waals surface area contributed by atoms with Crippen LogP contribution in [0, 0.1) is 0 Å². The second-order valence-electron chi connectivity index (χ2n) is 3.45. The highest BCUT2D eigenvalue weighted by Gasteiger charge is 2.10. The maximum absolute atomic E-state index is 6.08. The Morgan fingerprint density at radius 2 is 1.79 bits per heavy atom. The number of thiol groups is 1. The van der Waals surface area contributed by atoms with Crippen molar-refractivity contribution >= 4 is 59.0 Å². The predicted molar refractivity (Wildman–Crippen MR) is 85.7 cm³/mol. The van der Waals surface area contributed by atoms with Gasteiger partial charge in [0.15, 0.2) is 5.75 Å². The molecular weight excluding hydrogens is 350 g/mol. The van der Waals surface area contributed by atoms with Gasteiger partial charge in [0, 0.05) is 12.1 Å². The molecule has 0 fully saturated rings. The van der Waals surface area contributed by atoms with Gasteiger partial charge in [-0.05, 0) is 18.2 Å². The molecule has 2 nitrogen and oxygen atoms in total. The first-order chi connectivity index (χ1) is 9.04. The summed E-state index contributed by atoms with van der Waals surface area (Å²) in [6, 6.07) is 3.25. The summed E-state index contributed by atoms with van der Waals surface area (Å²) in [5, 5.41) is 0.783. The van der Waals surface area contributed by atoms with Crippen LogP contribution in [0.4, 0.5) is 0 Å². The largest absolute Gasteiger partial charge is 0.490 e. The highest BCUT2D eigenvalue weighted by Crippen LogP contribution is 2.37. The lowest BCUT2D eigenvalue weighted by Gasteiger charge is -2.11. The van der Waals surface area contributed by atoms with E-state index in [4.69, 9.17) is 55.9 Å². The molecule has 0 bridgehead atoms. The van der Waals surface area contributed by atoms with Gasteiger partial charge in [-0.2, -0.15) is 12.6 Å². The van der Waals surface area contributed by atoms with Gasteiger partial charge in [-0.15, -0.1) is 0 Å². The highest BCUT2D eigenvalue weighted by atomic mass is 35.5. The van der Waals surface area contributed by atoms with Crippen LogP contribution in [-0.2, 0) is 0 Å². The molecule has 1 rings (SSSR count). The van der Waals surface area contributed by atoms with E-state index in [0.29, 0.717) is 28.2 Å². The molecule has 0 aliphatic rings. The van der Waals surface area contributed by atoms with Crippen LogP contribution < -0.4 is 9.47 Å². The summed E-state index contributed by atoms with van der Waals surface area (Å²) in [7, 11) is 0. The zero-order chi connectivity index (χ0) is 14.3. The Labute approximate surface area is 138 Å². The van der Waals surface area contributed by atoms with Gasteiger partial charge in [0.2, 0.25) is 0 Å². The minimum Gasteiger partial charge on any atom is -0.490 e. The Morgan fingerprint density at radius 3 is 2.32 bits per heavy atom. The summed E-state index contributed by atoms with van der Waals surface area (Å²) in [5.74, 6) is 1.70. The fourth-order valence-corrected chi connectivity index (χ4v) is 2.03. The topological polar surface area (TPSA) is 18.5 Å². The summed E-state index contributed by atoms with van der Waals surface area (Å²) in [6.07, 6.45) is 2.33. The van der Waals surface area contributed by atoms with Crippen molar-refractivity contribution in [3.05, 3.63) is 32.7 Å². The fourth-order valence-electron chi connectivity index (χ4n) is 1.20. The van der Waals surface area contributed by atoms with Crippen LogP contribution >= 0.6 is 59.0 Å². The number of rotatable bonds is 7. The summed E-state index contributed by atoms with van der Waals surface area (Å²) >= 11 is 27.2.